The normalized spacial score (nSPS) is 22.4. The zero-order valence-electron chi connectivity index (χ0n) is 26.8. The Balaban J connectivity index is 1.19. The molecule has 45 heavy (non-hydrogen) atoms. The zero-order chi connectivity index (χ0) is 31.6. The summed E-state index contributed by atoms with van der Waals surface area (Å²) in [6.45, 7) is 11.4. The van der Waals surface area contributed by atoms with Crippen LogP contribution >= 0.6 is 11.6 Å². The number of aryl methyl sites for hydroxylation is 1. The van der Waals surface area contributed by atoms with Crippen molar-refractivity contribution in [2.75, 3.05) is 31.1 Å². The minimum Gasteiger partial charge on any atom is -0.481 e. The van der Waals surface area contributed by atoms with E-state index in [2.05, 4.69) is 35.8 Å². The lowest BCUT2D eigenvalue weighted by Gasteiger charge is -2.37. The van der Waals surface area contributed by atoms with Gasteiger partial charge in [0, 0.05) is 42.7 Å². The van der Waals surface area contributed by atoms with Gasteiger partial charge in [0.05, 0.1) is 18.1 Å². The summed E-state index contributed by atoms with van der Waals surface area (Å²) in [5.74, 6) is 2.71. The third-order valence-corrected chi connectivity index (χ3v) is 10.5. The predicted molar refractivity (Wildman–Crippen MR) is 178 cm³/mol. The van der Waals surface area contributed by atoms with E-state index in [0.29, 0.717) is 33.9 Å². The number of ether oxygens (including phenoxy) is 1. The highest BCUT2D eigenvalue weighted by Gasteiger charge is 2.43. The van der Waals surface area contributed by atoms with Crippen LogP contribution in [0.1, 0.15) is 76.3 Å². The molecule has 2 aromatic heterocycles. The first-order chi connectivity index (χ1) is 21.6. The Bertz CT molecular complexity index is 1470. The fraction of sp³-hybridized carbons (Fsp3) is 0.556. The highest BCUT2D eigenvalue weighted by Crippen LogP contribution is 2.45. The lowest BCUT2D eigenvalue weighted by molar-refractivity contribution is -0.138. The molecule has 2 unspecified atom stereocenters. The summed E-state index contributed by atoms with van der Waals surface area (Å²) in [5.41, 5.74) is 4.21. The summed E-state index contributed by atoms with van der Waals surface area (Å²) in [4.78, 5) is 30.3. The fourth-order valence-electron chi connectivity index (χ4n) is 7.80. The smallest absolute Gasteiger partial charge is 0.303 e. The summed E-state index contributed by atoms with van der Waals surface area (Å²) in [6, 6.07) is 10.0. The molecular formula is C36H46ClN5O3. The maximum Gasteiger partial charge on any atom is 0.303 e. The van der Waals surface area contributed by atoms with Crippen LogP contribution in [0, 0.1) is 30.1 Å². The number of aromatic nitrogens is 3. The number of piperidine rings is 1. The van der Waals surface area contributed by atoms with E-state index in [1.807, 2.05) is 25.1 Å². The molecular weight excluding hydrogens is 586 g/mol. The van der Waals surface area contributed by atoms with Crippen LogP contribution < -0.4 is 9.64 Å². The molecule has 2 saturated heterocycles. The Morgan fingerprint density at radius 3 is 2.53 bits per heavy atom. The van der Waals surface area contributed by atoms with Gasteiger partial charge in [-0.05, 0) is 104 Å². The van der Waals surface area contributed by atoms with Gasteiger partial charge in [-0.1, -0.05) is 44.7 Å². The number of benzene rings is 1. The zero-order valence-corrected chi connectivity index (χ0v) is 27.6. The third kappa shape index (κ3) is 7.95. The number of fused-ring (bicyclic) bond motifs is 1. The molecule has 0 amide bonds. The molecule has 0 bridgehead atoms. The van der Waals surface area contributed by atoms with Gasteiger partial charge >= 0.3 is 5.97 Å². The van der Waals surface area contributed by atoms with Crippen molar-refractivity contribution in [2.24, 2.45) is 23.2 Å². The molecule has 0 radical (unpaired) electrons. The van der Waals surface area contributed by atoms with Crippen LogP contribution in [0.5, 0.6) is 11.6 Å². The van der Waals surface area contributed by atoms with Crippen molar-refractivity contribution >= 4 is 23.5 Å². The number of anilines is 1. The second-order valence-electron chi connectivity index (χ2n) is 14.2. The van der Waals surface area contributed by atoms with Crippen LogP contribution in [0.3, 0.4) is 0 Å². The van der Waals surface area contributed by atoms with Gasteiger partial charge in [-0.3, -0.25) is 9.69 Å². The molecule has 4 heterocycles. The summed E-state index contributed by atoms with van der Waals surface area (Å²) in [7, 11) is 0. The van der Waals surface area contributed by atoms with E-state index in [9.17, 15) is 9.90 Å². The van der Waals surface area contributed by atoms with E-state index in [1.54, 1.807) is 12.4 Å². The second kappa shape index (κ2) is 13.6. The Hall–Kier alpha value is -3.23. The fourth-order valence-corrected chi connectivity index (χ4v) is 8.09. The van der Waals surface area contributed by atoms with Gasteiger partial charge in [-0.25, -0.2) is 15.0 Å². The van der Waals surface area contributed by atoms with Gasteiger partial charge < -0.3 is 14.7 Å². The molecule has 3 aromatic rings. The number of halogens is 1. The molecule has 1 aromatic carbocycles. The maximum absolute atomic E-state index is 11.2. The number of hydrogen-bond donors (Lipinski definition) is 1. The van der Waals surface area contributed by atoms with Crippen LogP contribution in [0.4, 0.5) is 5.95 Å². The van der Waals surface area contributed by atoms with E-state index >= 15 is 0 Å². The van der Waals surface area contributed by atoms with Gasteiger partial charge in [-0.2, -0.15) is 0 Å². The SMILES string of the molecule is Cc1cc(Cl)cc(-c2cc(CN3CCC(CC(=O)O)CC3)cc(Oc3cnc(N4CC5CCCCCC(C)(C)C5C4)nc3)n2)c1. The number of hydrogen-bond acceptors (Lipinski definition) is 7. The Labute approximate surface area is 272 Å². The van der Waals surface area contributed by atoms with Crippen LogP contribution in [-0.4, -0.2) is 57.1 Å². The van der Waals surface area contributed by atoms with Gasteiger partial charge in [0.15, 0.2) is 5.75 Å². The van der Waals surface area contributed by atoms with Crippen molar-refractivity contribution in [1.82, 2.24) is 19.9 Å². The molecule has 1 N–H and O–H groups in total. The summed E-state index contributed by atoms with van der Waals surface area (Å²) >= 11 is 6.43. The first-order valence-electron chi connectivity index (χ1n) is 16.6. The quantitative estimate of drug-likeness (QED) is 0.267. The lowest BCUT2D eigenvalue weighted by atomic mass is 9.68. The largest absolute Gasteiger partial charge is 0.481 e. The predicted octanol–water partition coefficient (Wildman–Crippen LogP) is 8.02. The number of likely N-dealkylation sites (tertiary alicyclic amines) is 1. The minimum absolute atomic E-state index is 0.244. The summed E-state index contributed by atoms with van der Waals surface area (Å²) in [5, 5.41) is 9.86. The Kier molecular flexibility index (Phi) is 9.62. The number of nitrogens with zero attached hydrogens (tertiary/aromatic N) is 5. The Morgan fingerprint density at radius 2 is 1.80 bits per heavy atom. The minimum atomic E-state index is -0.712. The van der Waals surface area contributed by atoms with Gasteiger partial charge in [0.1, 0.15) is 0 Å². The van der Waals surface area contributed by atoms with Crippen LogP contribution in [0.15, 0.2) is 42.7 Å². The van der Waals surface area contributed by atoms with Crippen molar-refractivity contribution < 1.29 is 14.6 Å². The molecule has 6 rings (SSSR count). The van der Waals surface area contributed by atoms with E-state index in [4.69, 9.17) is 31.3 Å². The van der Waals surface area contributed by atoms with Crippen molar-refractivity contribution in [2.45, 2.75) is 78.7 Å². The van der Waals surface area contributed by atoms with Crippen LogP contribution in [-0.2, 0) is 11.3 Å². The van der Waals surface area contributed by atoms with Crippen molar-refractivity contribution in [3.8, 4) is 22.9 Å². The standard InChI is InChI=1S/C36H46ClN5O3/c1-24-13-28(18-29(37)14-24)32-15-26(21-41-11-8-25(9-12-41)17-34(43)44)16-33(40-32)45-30-19-38-35(39-20-30)42-22-27-7-5-4-6-10-36(2,3)31(27)23-42/h13-16,18-20,25,27,31H,4-12,17,21-23H2,1-3H3,(H,43,44). The molecule has 3 aliphatic rings. The van der Waals surface area contributed by atoms with Crippen molar-refractivity contribution in [3.63, 3.8) is 0 Å². The van der Waals surface area contributed by atoms with Crippen LogP contribution in [0.25, 0.3) is 11.3 Å². The topological polar surface area (TPSA) is 91.7 Å². The first-order valence-corrected chi connectivity index (χ1v) is 17.0. The molecule has 3 fully saturated rings. The average molecular weight is 632 g/mol. The van der Waals surface area contributed by atoms with E-state index in [1.165, 1.54) is 32.1 Å². The number of carboxylic acids is 1. The van der Waals surface area contributed by atoms with E-state index in [0.717, 1.165) is 73.9 Å². The Morgan fingerprint density at radius 1 is 1.02 bits per heavy atom. The van der Waals surface area contributed by atoms with Gasteiger partial charge in [-0.15, -0.1) is 0 Å². The lowest BCUT2D eigenvalue weighted by Crippen LogP contribution is -2.33. The van der Waals surface area contributed by atoms with Gasteiger partial charge in [0.2, 0.25) is 11.8 Å². The molecule has 1 aliphatic carbocycles. The number of aliphatic carboxylic acids is 1. The monoisotopic (exact) mass is 631 g/mol. The second-order valence-corrected chi connectivity index (χ2v) is 14.7. The number of pyridine rings is 1. The molecule has 8 nitrogen and oxygen atoms in total. The van der Waals surface area contributed by atoms with Gasteiger partial charge in [0.25, 0.3) is 0 Å². The van der Waals surface area contributed by atoms with Crippen LogP contribution in [0.2, 0.25) is 5.02 Å². The molecule has 9 heteroatoms. The maximum atomic E-state index is 11.2. The van der Waals surface area contributed by atoms with Crippen molar-refractivity contribution in [3.05, 3.63) is 58.9 Å². The third-order valence-electron chi connectivity index (χ3n) is 10.2. The summed E-state index contributed by atoms with van der Waals surface area (Å²) < 4.78 is 6.30. The number of rotatable bonds is 8. The highest BCUT2D eigenvalue weighted by atomic mass is 35.5. The molecule has 1 saturated carbocycles. The average Bonchev–Trinajstić information content (AvgIpc) is 3.41. The highest BCUT2D eigenvalue weighted by molar-refractivity contribution is 6.30. The molecule has 2 aliphatic heterocycles. The van der Waals surface area contributed by atoms with Crippen molar-refractivity contribution in [1.29, 1.82) is 0 Å². The molecule has 0 spiro atoms. The molecule has 2 atom stereocenters. The van der Waals surface area contributed by atoms with E-state index in [-0.39, 0.29) is 12.3 Å². The number of carbonyl (C=O) groups is 1. The molecule has 240 valence electrons. The van der Waals surface area contributed by atoms with E-state index < -0.39 is 5.97 Å². The first kappa shape index (κ1) is 31.7. The summed E-state index contributed by atoms with van der Waals surface area (Å²) in [6.07, 6.45) is 12.1. The number of carboxylic acid groups (broad SMARTS) is 1.